The van der Waals surface area contributed by atoms with Gasteiger partial charge in [-0.2, -0.15) is 0 Å². The Kier molecular flexibility index (Phi) is 5.36. The summed E-state index contributed by atoms with van der Waals surface area (Å²) in [7, 11) is 0. The molecule has 1 aliphatic heterocycles. The lowest BCUT2D eigenvalue weighted by molar-refractivity contribution is -0.167. The molecule has 0 amide bonds. The average Bonchev–Trinajstić information content (AvgIpc) is 3.32. The maximum atomic E-state index is 12.2. The first-order valence-electron chi connectivity index (χ1n) is 9.95. The lowest BCUT2D eigenvalue weighted by atomic mass is 9.87. The van der Waals surface area contributed by atoms with E-state index in [1.807, 2.05) is 0 Å². The molecule has 0 radical (unpaired) electrons. The molecule has 2 aliphatic carbocycles. The minimum atomic E-state index is -0.731. The van der Waals surface area contributed by atoms with E-state index in [9.17, 15) is 14.7 Å². The van der Waals surface area contributed by atoms with Gasteiger partial charge in [0.15, 0.2) is 12.9 Å². The van der Waals surface area contributed by atoms with Gasteiger partial charge in [0.2, 0.25) is 0 Å². The van der Waals surface area contributed by atoms with E-state index in [1.165, 1.54) is 0 Å². The van der Waals surface area contributed by atoms with E-state index < -0.39 is 24.3 Å². The molecule has 7 heteroatoms. The highest BCUT2D eigenvalue weighted by Crippen LogP contribution is 2.56. The van der Waals surface area contributed by atoms with E-state index in [1.54, 1.807) is 38.1 Å². The normalized spacial score (nSPS) is 32.7. The number of carbonyl (C=O) groups excluding carboxylic acids is 2. The van der Waals surface area contributed by atoms with Crippen LogP contribution < -0.4 is 4.74 Å². The number of hydrogen-bond donors (Lipinski definition) is 1. The summed E-state index contributed by atoms with van der Waals surface area (Å²) in [5.41, 5.74) is 1.15. The van der Waals surface area contributed by atoms with Gasteiger partial charge in [0.1, 0.15) is 24.1 Å². The van der Waals surface area contributed by atoms with Crippen LogP contribution in [0.25, 0.3) is 0 Å². The van der Waals surface area contributed by atoms with Crippen molar-refractivity contribution >= 4 is 11.9 Å². The Labute approximate surface area is 169 Å². The zero-order chi connectivity index (χ0) is 20.7. The number of esters is 2. The lowest BCUT2D eigenvalue weighted by Gasteiger charge is -2.26. The molecule has 4 rings (SSSR count). The van der Waals surface area contributed by atoms with Gasteiger partial charge in [-0.1, -0.05) is 18.7 Å². The summed E-state index contributed by atoms with van der Waals surface area (Å²) in [6, 6.07) is 6.99. The fraction of sp³-hybridized carbons (Fsp3) is 0.545. The Hall–Kier alpha value is -2.38. The summed E-state index contributed by atoms with van der Waals surface area (Å²) in [5.74, 6) is 0.376. The fourth-order valence-corrected chi connectivity index (χ4v) is 4.73. The summed E-state index contributed by atoms with van der Waals surface area (Å²) in [6.45, 7) is 6.73. The quantitative estimate of drug-likeness (QED) is 0.553. The van der Waals surface area contributed by atoms with E-state index in [-0.39, 0.29) is 30.7 Å². The highest BCUT2D eigenvalue weighted by molar-refractivity contribution is 5.87. The molecule has 0 spiro atoms. The van der Waals surface area contributed by atoms with Gasteiger partial charge in [-0.25, -0.2) is 9.59 Å². The first-order chi connectivity index (χ1) is 13.8. The molecule has 7 nitrogen and oxygen atoms in total. The highest BCUT2D eigenvalue weighted by Gasteiger charge is 2.62. The third-order valence-electron chi connectivity index (χ3n) is 6.18. The molecular formula is C22H26O7. The minimum absolute atomic E-state index is 0.187. The number of ether oxygens (including phenoxy) is 4. The molecule has 1 aromatic carbocycles. The third kappa shape index (κ3) is 3.89. The Morgan fingerprint density at radius 2 is 1.93 bits per heavy atom. The second-order valence-electron chi connectivity index (χ2n) is 8.19. The van der Waals surface area contributed by atoms with Crippen LogP contribution >= 0.6 is 0 Å². The standard InChI is InChI=1S/C22H26O7/c1-11(2)21(24)27-12(3)13-4-6-15(7-5-13)26-10-18(23)28-19-14-8-16-17(9-14)22(25)29-20(16)19/h4-7,12,14,16-17,19-20,22,25H,1,8-10H2,2-3H3. The summed E-state index contributed by atoms with van der Waals surface area (Å²) in [4.78, 5) is 23.8. The van der Waals surface area contributed by atoms with Gasteiger partial charge in [-0.15, -0.1) is 0 Å². The van der Waals surface area contributed by atoms with E-state index >= 15 is 0 Å². The summed E-state index contributed by atoms with van der Waals surface area (Å²) >= 11 is 0. The largest absolute Gasteiger partial charge is 0.482 e. The molecule has 1 aromatic rings. The predicted molar refractivity (Wildman–Crippen MR) is 102 cm³/mol. The maximum absolute atomic E-state index is 12.2. The molecule has 0 aromatic heterocycles. The topological polar surface area (TPSA) is 91.3 Å². The summed E-state index contributed by atoms with van der Waals surface area (Å²) in [6.07, 6.45) is 0.153. The molecule has 29 heavy (non-hydrogen) atoms. The van der Waals surface area contributed by atoms with Crippen molar-refractivity contribution in [3.8, 4) is 5.75 Å². The van der Waals surface area contributed by atoms with Crippen LogP contribution in [-0.2, 0) is 23.8 Å². The minimum Gasteiger partial charge on any atom is -0.482 e. The fourth-order valence-electron chi connectivity index (χ4n) is 4.73. The van der Waals surface area contributed by atoms with E-state index in [0.29, 0.717) is 17.2 Å². The first kappa shape index (κ1) is 19.9. The van der Waals surface area contributed by atoms with Gasteiger partial charge in [-0.3, -0.25) is 0 Å². The smallest absolute Gasteiger partial charge is 0.344 e. The molecule has 156 valence electrons. The molecular weight excluding hydrogens is 376 g/mol. The number of rotatable bonds is 7. The molecule has 2 saturated carbocycles. The van der Waals surface area contributed by atoms with Crippen LogP contribution in [0.1, 0.15) is 38.4 Å². The average molecular weight is 402 g/mol. The summed E-state index contributed by atoms with van der Waals surface area (Å²) in [5, 5.41) is 9.92. The van der Waals surface area contributed by atoms with Crippen molar-refractivity contribution in [1.82, 2.24) is 0 Å². The van der Waals surface area contributed by atoms with Crippen molar-refractivity contribution in [1.29, 1.82) is 0 Å². The van der Waals surface area contributed by atoms with Gasteiger partial charge in [0.25, 0.3) is 0 Å². The highest BCUT2D eigenvalue weighted by atomic mass is 16.6. The van der Waals surface area contributed by atoms with Crippen LogP contribution in [0.3, 0.4) is 0 Å². The second kappa shape index (κ2) is 7.80. The number of aliphatic hydroxyl groups excluding tert-OH is 1. The predicted octanol–water partition coefficient (Wildman–Crippen LogP) is 2.53. The van der Waals surface area contributed by atoms with E-state index in [4.69, 9.17) is 18.9 Å². The number of benzene rings is 1. The molecule has 3 aliphatic rings. The van der Waals surface area contributed by atoms with Crippen molar-refractivity contribution in [3.05, 3.63) is 42.0 Å². The molecule has 1 heterocycles. The van der Waals surface area contributed by atoms with Gasteiger partial charge < -0.3 is 24.1 Å². The number of carbonyl (C=O) groups is 2. The van der Waals surface area contributed by atoms with Crippen molar-refractivity contribution in [2.45, 2.75) is 51.3 Å². The monoisotopic (exact) mass is 402 g/mol. The lowest BCUT2D eigenvalue weighted by Crippen LogP contribution is -2.37. The van der Waals surface area contributed by atoms with Crippen molar-refractivity contribution in [3.63, 3.8) is 0 Å². The Balaban J connectivity index is 1.26. The van der Waals surface area contributed by atoms with Crippen LogP contribution in [0.5, 0.6) is 5.75 Å². The molecule has 1 N–H and O–H groups in total. The molecule has 3 fully saturated rings. The first-order valence-corrected chi connectivity index (χ1v) is 9.95. The zero-order valence-electron chi connectivity index (χ0n) is 16.6. The molecule has 2 bridgehead atoms. The third-order valence-corrected chi connectivity index (χ3v) is 6.18. The zero-order valence-corrected chi connectivity index (χ0v) is 16.6. The molecule has 1 saturated heterocycles. The van der Waals surface area contributed by atoms with Crippen molar-refractivity contribution < 1.29 is 33.6 Å². The van der Waals surface area contributed by atoms with Crippen LogP contribution in [0.4, 0.5) is 0 Å². The Morgan fingerprint density at radius 3 is 2.62 bits per heavy atom. The van der Waals surface area contributed by atoms with E-state index in [0.717, 1.165) is 18.4 Å². The van der Waals surface area contributed by atoms with Crippen LogP contribution in [0.15, 0.2) is 36.4 Å². The van der Waals surface area contributed by atoms with Crippen LogP contribution in [0.2, 0.25) is 0 Å². The van der Waals surface area contributed by atoms with E-state index in [2.05, 4.69) is 6.58 Å². The number of aliphatic hydroxyl groups is 1. The van der Waals surface area contributed by atoms with Gasteiger partial charge >= 0.3 is 11.9 Å². The maximum Gasteiger partial charge on any atom is 0.344 e. The number of hydrogen-bond acceptors (Lipinski definition) is 7. The van der Waals surface area contributed by atoms with Gasteiger partial charge in [-0.05, 0) is 56.2 Å². The number of fused-ring (bicyclic) bond motifs is 1. The van der Waals surface area contributed by atoms with Crippen LogP contribution in [0, 0.1) is 17.8 Å². The summed E-state index contributed by atoms with van der Waals surface area (Å²) < 4.78 is 22.0. The van der Waals surface area contributed by atoms with Gasteiger partial charge in [0, 0.05) is 11.5 Å². The Bertz CT molecular complexity index is 802. The van der Waals surface area contributed by atoms with Crippen molar-refractivity contribution in [2.75, 3.05) is 6.61 Å². The van der Waals surface area contributed by atoms with Gasteiger partial charge in [0.05, 0.1) is 0 Å². The molecule has 7 atom stereocenters. The van der Waals surface area contributed by atoms with Crippen molar-refractivity contribution in [2.24, 2.45) is 17.8 Å². The Morgan fingerprint density at radius 1 is 1.24 bits per heavy atom. The van der Waals surface area contributed by atoms with Crippen LogP contribution in [-0.4, -0.2) is 42.1 Å². The molecule has 7 unspecified atom stereocenters. The SMILES string of the molecule is C=C(C)C(=O)OC(C)c1ccc(OCC(=O)OC2C3CC4C(O)OC2C4C3)cc1. The second-order valence-corrected chi connectivity index (χ2v) is 8.19.